The predicted molar refractivity (Wildman–Crippen MR) is 106 cm³/mol. The quantitative estimate of drug-likeness (QED) is 0.837. The smallest absolute Gasteiger partial charge is 0.237 e. The number of nitrogens with one attached hydrogen (secondary N) is 1. The van der Waals surface area contributed by atoms with Crippen LogP contribution in [0.4, 0.5) is 5.82 Å². The Morgan fingerprint density at radius 3 is 2.61 bits per heavy atom. The van der Waals surface area contributed by atoms with Crippen LogP contribution in [0.1, 0.15) is 55.7 Å². The van der Waals surface area contributed by atoms with Crippen molar-refractivity contribution >= 4 is 17.6 Å². The molecule has 2 amide bonds. The predicted octanol–water partition coefficient (Wildman–Crippen LogP) is 1.18. The standard InChI is InChI=1S/C20H30N6O2/c1-14(27)25-11-7-15-16(12-25)22-20(23-19(15)21-2)17-6-5-10-26(17)18(28)13-24-8-3-4-9-24/h17H,3-13H2,1-2H3,(H,21,22,23)/t17-/m0/s1. The lowest BCUT2D eigenvalue weighted by atomic mass is 10.0. The van der Waals surface area contributed by atoms with Gasteiger partial charge in [0.15, 0.2) is 5.82 Å². The van der Waals surface area contributed by atoms with Crippen LogP contribution in [0, 0.1) is 0 Å². The highest BCUT2D eigenvalue weighted by atomic mass is 16.2. The van der Waals surface area contributed by atoms with E-state index in [4.69, 9.17) is 9.97 Å². The molecule has 152 valence electrons. The minimum Gasteiger partial charge on any atom is -0.373 e. The van der Waals surface area contributed by atoms with E-state index in [0.717, 1.165) is 56.0 Å². The summed E-state index contributed by atoms with van der Waals surface area (Å²) in [5.74, 6) is 1.80. The largest absolute Gasteiger partial charge is 0.373 e. The van der Waals surface area contributed by atoms with Gasteiger partial charge in [0.2, 0.25) is 11.8 Å². The zero-order valence-corrected chi connectivity index (χ0v) is 16.9. The Kier molecular flexibility index (Phi) is 5.48. The molecule has 1 atom stereocenters. The third kappa shape index (κ3) is 3.70. The number of amides is 2. The van der Waals surface area contributed by atoms with Crippen molar-refractivity contribution in [1.82, 2.24) is 24.7 Å². The van der Waals surface area contributed by atoms with Crippen molar-refractivity contribution < 1.29 is 9.59 Å². The molecule has 4 rings (SSSR count). The van der Waals surface area contributed by atoms with E-state index < -0.39 is 0 Å². The van der Waals surface area contributed by atoms with Crippen LogP contribution in [0.3, 0.4) is 0 Å². The molecule has 28 heavy (non-hydrogen) atoms. The maximum Gasteiger partial charge on any atom is 0.237 e. The second kappa shape index (κ2) is 8.03. The normalized spacial score (nSPS) is 22.4. The summed E-state index contributed by atoms with van der Waals surface area (Å²) in [5.41, 5.74) is 2.01. The molecule has 1 aromatic heterocycles. The third-order valence-corrected chi connectivity index (χ3v) is 6.19. The molecule has 8 nitrogen and oxygen atoms in total. The van der Waals surface area contributed by atoms with Gasteiger partial charge >= 0.3 is 0 Å². The number of fused-ring (bicyclic) bond motifs is 1. The van der Waals surface area contributed by atoms with Gasteiger partial charge < -0.3 is 15.1 Å². The zero-order chi connectivity index (χ0) is 19.7. The number of likely N-dealkylation sites (tertiary alicyclic amines) is 2. The van der Waals surface area contributed by atoms with E-state index >= 15 is 0 Å². The molecule has 0 aliphatic carbocycles. The van der Waals surface area contributed by atoms with Crippen LogP contribution < -0.4 is 5.32 Å². The molecule has 2 fully saturated rings. The highest BCUT2D eigenvalue weighted by Gasteiger charge is 2.34. The van der Waals surface area contributed by atoms with Crippen molar-refractivity contribution in [2.45, 2.75) is 51.6 Å². The number of carbonyl (C=O) groups excluding carboxylic acids is 2. The van der Waals surface area contributed by atoms with E-state index in [-0.39, 0.29) is 17.9 Å². The fourth-order valence-electron chi connectivity index (χ4n) is 4.63. The van der Waals surface area contributed by atoms with Gasteiger partial charge in [-0.1, -0.05) is 0 Å². The number of hydrogen-bond acceptors (Lipinski definition) is 6. The monoisotopic (exact) mass is 386 g/mol. The topological polar surface area (TPSA) is 81.7 Å². The van der Waals surface area contributed by atoms with Crippen molar-refractivity contribution in [3.63, 3.8) is 0 Å². The zero-order valence-electron chi connectivity index (χ0n) is 16.9. The van der Waals surface area contributed by atoms with Crippen LogP contribution in [0.15, 0.2) is 0 Å². The Hall–Kier alpha value is -2.22. The van der Waals surface area contributed by atoms with E-state index in [1.165, 1.54) is 12.8 Å². The first-order valence-corrected chi connectivity index (χ1v) is 10.4. The first kappa shape index (κ1) is 19.1. The number of rotatable bonds is 4. The van der Waals surface area contributed by atoms with E-state index in [9.17, 15) is 9.59 Å². The molecule has 0 aromatic carbocycles. The van der Waals surface area contributed by atoms with Gasteiger partial charge in [0.1, 0.15) is 5.82 Å². The lowest BCUT2D eigenvalue weighted by molar-refractivity contribution is -0.133. The van der Waals surface area contributed by atoms with Crippen molar-refractivity contribution in [3.05, 3.63) is 17.1 Å². The molecule has 8 heteroatoms. The Labute approximate surface area is 166 Å². The number of aromatic nitrogens is 2. The SMILES string of the molecule is CNc1nc([C@@H]2CCCN2C(=O)CN2CCCC2)nc2c1CCN(C(C)=O)C2. The molecule has 0 unspecified atom stereocenters. The van der Waals surface area contributed by atoms with Gasteiger partial charge in [-0.15, -0.1) is 0 Å². The molecule has 2 saturated heterocycles. The average molecular weight is 387 g/mol. The Balaban J connectivity index is 1.58. The van der Waals surface area contributed by atoms with Crippen LogP contribution in [0.5, 0.6) is 0 Å². The summed E-state index contributed by atoms with van der Waals surface area (Å²) >= 11 is 0. The molecule has 4 heterocycles. The third-order valence-electron chi connectivity index (χ3n) is 6.19. The van der Waals surface area contributed by atoms with E-state index in [0.29, 0.717) is 25.5 Å². The molecular weight excluding hydrogens is 356 g/mol. The second-order valence-corrected chi connectivity index (χ2v) is 8.02. The lowest BCUT2D eigenvalue weighted by Crippen LogP contribution is -2.40. The minimum atomic E-state index is -0.0693. The molecular formula is C20H30N6O2. The first-order chi connectivity index (χ1) is 13.6. The van der Waals surface area contributed by atoms with Crippen molar-refractivity contribution in [1.29, 1.82) is 0 Å². The molecule has 1 aromatic rings. The molecule has 0 radical (unpaired) electrons. The number of carbonyl (C=O) groups is 2. The van der Waals surface area contributed by atoms with Gasteiger partial charge in [0.25, 0.3) is 0 Å². The maximum absolute atomic E-state index is 12.9. The molecule has 3 aliphatic rings. The van der Waals surface area contributed by atoms with Gasteiger partial charge in [-0.25, -0.2) is 9.97 Å². The summed E-state index contributed by atoms with van der Waals surface area (Å²) in [6.07, 6.45) is 4.99. The second-order valence-electron chi connectivity index (χ2n) is 8.02. The Morgan fingerprint density at radius 1 is 1.11 bits per heavy atom. The van der Waals surface area contributed by atoms with Crippen LogP contribution in [0.25, 0.3) is 0 Å². The summed E-state index contributed by atoms with van der Waals surface area (Å²) in [7, 11) is 1.87. The maximum atomic E-state index is 12.9. The van der Waals surface area contributed by atoms with Crippen molar-refractivity contribution in [2.75, 3.05) is 45.1 Å². The lowest BCUT2D eigenvalue weighted by Gasteiger charge is -2.30. The summed E-state index contributed by atoms with van der Waals surface area (Å²) < 4.78 is 0. The highest BCUT2D eigenvalue weighted by Crippen LogP contribution is 2.33. The van der Waals surface area contributed by atoms with E-state index in [1.807, 2.05) is 16.8 Å². The number of hydrogen-bond donors (Lipinski definition) is 1. The van der Waals surface area contributed by atoms with Gasteiger partial charge in [-0.3, -0.25) is 14.5 Å². The van der Waals surface area contributed by atoms with Crippen LogP contribution in [-0.2, 0) is 22.6 Å². The Bertz CT molecular complexity index is 761. The van der Waals surface area contributed by atoms with Crippen LogP contribution >= 0.6 is 0 Å². The van der Waals surface area contributed by atoms with Gasteiger partial charge in [-0.05, 0) is 45.2 Å². The summed E-state index contributed by atoms with van der Waals surface area (Å²) in [5, 5.41) is 3.20. The Morgan fingerprint density at radius 2 is 1.89 bits per heavy atom. The fraction of sp³-hybridized carbons (Fsp3) is 0.700. The van der Waals surface area contributed by atoms with Crippen LogP contribution in [-0.4, -0.2) is 76.3 Å². The molecule has 0 bridgehead atoms. The van der Waals surface area contributed by atoms with Gasteiger partial charge in [0, 0.05) is 32.6 Å². The van der Waals surface area contributed by atoms with Crippen molar-refractivity contribution in [3.8, 4) is 0 Å². The van der Waals surface area contributed by atoms with Crippen molar-refractivity contribution in [2.24, 2.45) is 0 Å². The number of anilines is 1. The van der Waals surface area contributed by atoms with Gasteiger partial charge in [0.05, 0.1) is 24.8 Å². The molecule has 0 saturated carbocycles. The fourth-order valence-corrected chi connectivity index (χ4v) is 4.63. The average Bonchev–Trinajstić information content (AvgIpc) is 3.38. The number of nitrogens with zero attached hydrogens (tertiary/aromatic N) is 5. The minimum absolute atomic E-state index is 0.0693. The first-order valence-electron chi connectivity index (χ1n) is 10.4. The molecule has 3 aliphatic heterocycles. The summed E-state index contributed by atoms with van der Waals surface area (Å²) in [4.78, 5) is 40.4. The molecule has 0 spiro atoms. The van der Waals surface area contributed by atoms with Crippen LogP contribution in [0.2, 0.25) is 0 Å². The van der Waals surface area contributed by atoms with E-state index in [1.54, 1.807) is 6.92 Å². The summed E-state index contributed by atoms with van der Waals surface area (Å²) in [6, 6.07) is -0.0693. The highest BCUT2D eigenvalue weighted by molar-refractivity contribution is 5.79. The van der Waals surface area contributed by atoms with Gasteiger partial charge in [-0.2, -0.15) is 0 Å². The molecule has 1 N–H and O–H groups in total. The van der Waals surface area contributed by atoms with E-state index in [2.05, 4.69) is 10.2 Å². The summed E-state index contributed by atoms with van der Waals surface area (Å²) in [6.45, 7) is 6.12.